The third-order valence-electron chi connectivity index (χ3n) is 22.0. The van der Waals surface area contributed by atoms with Crippen LogP contribution in [0.5, 0.6) is 11.5 Å². The fourth-order valence-corrected chi connectivity index (χ4v) is 17.0. The standard InChI is InChI=1S/C42H72N2O5.C40H68N2O5/c1-18-19-20-42(34(46)48-29-24-38(8,9)43(16)39(10,11)25-29,35(47)49-30-26-40(12,13)44(17)41(14,15)27-30)23-28-21-31(36(2,3)4)33(45)32(22-28)37(5,6)7;1-16-17-18-40(32(44)46-27-22-36(8,9)41-37(10,11)23-27,33(45)47-28-24-38(12,13)42-39(14,15)25-28)21-26-19-29(34(2,3)4)31(43)30(20-26)35(5,6)7/h21-22,29-30,45H,18-20,23-27H2,1-17H3;19-20,27-28,41-43H,16-18,21-25H2,1-15H3. The molecule has 0 aromatic heterocycles. The lowest BCUT2D eigenvalue weighted by Gasteiger charge is -2.53. The third-order valence-corrected chi connectivity index (χ3v) is 22.0. The number of ether oxygens (including phenoxy) is 4. The Labute approximate surface area is 584 Å². The van der Waals surface area contributed by atoms with Crippen LogP contribution in [0.4, 0.5) is 0 Å². The molecule has 0 atom stereocenters. The summed E-state index contributed by atoms with van der Waals surface area (Å²) in [6, 6.07) is 7.96. The second kappa shape index (κ2) is 28.6. The van der Waals surface area contributed by atoms with Crippen molar-refractivity contribution < 1.29 is 48.3 Å². The molecule has 6 rings (SSSR count). The second-order valence-electron chi connectivity index (χ2n) is 39.7. The molecule has 14 nitrogen and oxygen atoms in total. The first-order valence-corrected chi connectivity index (χ1v) is 36.8. The number of hydrogen-bond donors (Lipinski definition) is 4. The van der Waals surface area contributed by atoms with Gasteiger partial charge in [-0.15, -0.1) is 0 Å². The number of phenols is 2. The Bertz CT molecular complexity index is 2820. The lowest BCUT2D eigenvalue weighted by Crippen LogP contribution is -2.61. The van der Waals surface area contributed by atoms with E-state index >= 15 is 0 Å². The normalized spacial score (nSPS) is 21.9. The van der Waals surface area contributed by atoms with Gasteiger partial charge in [0.2, 0.25) is 0 Å². The average Bonchev–Trinajstić information content (AvgIpc) is 0.768. The first kappa shape index (κ1) is 82.4. The molecule has 4 fully saturated rings. The van der Waals surface area contributed by atoms with Gasteiger partial charge in [-0.05, 0) is 206 Å². The smallest absolute Gasteiger partial charge is 0.324 e. The molecule has 0 amide bonds. The van der Waals surface area contributed by atoms with Crippen LogP contribution in [0.15, 0.2) is 24.3 Å². The molecular formula is C82H140N4O10. The monoisotopic (exact) mass is 1340 g/mol. The van der Waals surface area contributed by atoms with E-state index in [4.69, 9.17) is 18.9 Å². The molecule has 2 aromatic rings. The largest absolute Gasteiger partial charge is 0.507 e. The predicted molar refractivity (Wildman–Crippen MR) is 393 cm³/mol. The van der Waals surface area contributed by atoms with Crippen molar-refractivity contribution in [3.05, 3.63) is 57.6 Å². The summed E-state index contributed by atoms with van der Waals surface area (Å²) < 4.78 is 26.0. The summed E-state index contributed by atoms with van der Waals surface area (Å²) in [6.07, 6.45) is 7.91. The van der Waals surface area contributed by atoms with Crippen molar-refractivity contribution in [2.75, 3.05) is 14.1 Å². The summed E-state index contributed by atoms with van der Waals surface area (Å²) in [5.41, 5.74) is -1.29. The minimum atomic E-state index is -1.54. The van der Waals surface area contributed by atoms with Crippen molar-refractivity contribution >= 4 is 23.9 Å². The topological polar surface area (TPSA) is 176 Å². The molecule has 4 aliphatic heterocycles. The van der Waals surface area contributed by atoms with E-state index in [-0.39, 0.29) is 115 Å². The lowest BCUT2D eigenvalue weighted by atomic mass is 9.73. The summed E-state index contributed by atoms with van der Waals surface area (Å²) in [7, 11) is 4.27. The number of unbranched alkanes of at least 4 members (excludes halogenated alkanes) is 2. The van der Waals surface area contributed by atoms with Crippen LogP contribution in [-0.4, -0.2) is 127 Å². The quantitative estimate of drug-likeness (QED) is 0.0630. The Morgan fingerprint density at radius 3 is 0.781 bits per heavy atom. The average molecular weight is 1340 g/mol. The van der Waals surface area contributed by atoms with Crippen molar-refractivity contribution in [3.63, 3.8) is 0 Å². The lowest BCUT2D eigenvalue weighted by molar-refractivity contribution is -0.189. The van der Waals surface area contributed by atoms with E-state index in [0.29, 0.717) is 77.0 Å². The molecule has 4 heterocycles. The fraction of sp³-hybridized carbons (Fsp3) is 0.805. The molecule has 2 aromatic carbocycles. The summed E-state index contributed by atoms with van der Waals surface area (Å²) >= 11 is 0. The molecule has 4 N–H and O–H groups in total. The maximum absolute atomic E-state index is 15.0. The first-order chi connectivity index (χ1) is 43.1. The molecule has 14 heteroatoms. The number of carbonyl (C=O) groups excluding carboxylic acids is 4. The van der Waals surface area contributed by atoms with Crippen LogP contribution in [-0.2, 0) is 72.6 Å². The summed E-state index contributed by atoms with van der Waals surface area (Å²) in [5, 5.41) is 30.3. The van der Waals surface area contributed by atoms with Crippen LogP contribution in [0, 0.1) is 10.8 Å². The van der Waals surface area contributed by atoms with Crippen LogP contribution >= 0.6 is 0 Å². The van der Waals surface area contributed by atoms with Gasteiger partial charge in [0, 0.05) is 95.7 Å². The van der Waals surface area contributed by atoms with Gasteiger partial charge < -0.3 is 39.8 Å². The number of hydrogen-bond acceptors (Lipinski definition) is 14. The molecular weight excluding hydrogens is 1200 g/mol. The Morgan fingerprint density at radius 2 is 0.594 bits per heavy atom. The zero-order valence-electron chi connectivity index (χ0n) is 67.0. The third kappa shape index (κ3) is 20.1. The molecule has 548 valence electrons. The molecule has 0 spiro atoms. The van der Waals surface area contributed by atoms with E-state index in [1.165, 1.54) is 0 Å². The van der Waals surface area contributed by atoms with Crippen LogP contribution in [0.25, 0.3) is 0 Å². The highest BCUT2D eigenvalue weighted by Crippen LogP contribution is 2.48. The number of rotatable bonds is 18. The molecule has 0 aliphatic carbocycles. The van der Waals surface area contributed by atoms with Gasteiger partial charge in [0.25, 0.3) is 0 Å². The zero-order valence-corrected chi connectivity index (χ0v) is 67.0. The molecule has 4 aliphatic rings. The maximum atomic E-state index is 15.0. The Balaban J connectivity index is 0.000000348. The zero-order chi connectivity index (χ0) is 73.8. The highest BCUT2D eigenvalue weighted by molar-refractivity contribution is 6.01. The van der Waals surface area contributed by atoms with Crippen molar-refractivity contribution in [2.45, 2.75) is 401 Å². The Morgan fingerprint density at radius 1 is 0.396 bits per heavy atom. The highest BCUT2D eigenvalue weighted by Gasteiger charge is 2.56. The number of likely N-dealkylation sites (tertiary alicyclic amines) is 2. The van der Waals surface area contributed by atoms with Crippen molar-refractivity contribution in [2.24, 2.45) is 10.8 Å². The number of carbonyl (C=O) groups is 4. The van der Waals surface area contributed by atoms with E-state index in [9.17, 15) is 29.4 Å². The van der Waals surface area contributed by atoms with Crippen molar-refractivity contribution in [3.8, 4) is 11.5 Å². The van der Waals surface area contributed by atoms with Crippen LogP contribution in [0.3, 0.4) is 0 Å². The molecule has 0 radical (unpaired) electrons. The van der Waals surface area contributed by atoms with E-state index in [2.05, 4.69) is 242 Å². The van der Waals surface area contributed by atoms with E-state index < -0.39 is 34.7 Å². The van der Waals surface area contributed by atoms with Gasteiger partial charge in [0.15, 0.2) is 10.8 Å². The number of aromatic hydroxyl groups is 2. The van der Waals surface area contributed by atoms with Gasteiger partial charge in [-0.3, -0.25) is 29.0 Å². The van der Waals surface area contributed by atoms with Crippen molar-refractivity contribution in [1.82, 2.24) is 20.4 Å². The van der Waals surface area contributed by atoms with Crippen LogP contribution in [0.1, 0.15) is 331 Å². The summed E-state index contributed by atoms with van der Waals surface area (Å²) in [4.78, 5) is 64.3. The Kier molecular flexibility index (Phi) is 24.6. The number of piperidine rings is 4. The van der Waals surface area contributed by atoms with Crippen LogP contribution < -0.4 is 10.6 Å². The van der Waals surface area contributed by atoms with Gasteiger partial charge >= 0.3 is 23.9 Å². The molecule has 0 unspecified atom stereocenters. The van der Waals surface area contributed by atoms with Gasteiger partial charge in [-0.2, -0.15) is 0 Å². The first-order valence-electron chi connectivity index (χ1n) is 36.8. The minimum absolute atomic E-state index is 0.145. The minimum Gasteiger partial charge on any atom is -0.507 e. The van der Waals surface area contributed by atoms with E-state index in [1.54, 1.807) is 0 Å². The molecule has 0 saturated carbocycles. The maximum Gasteiger partial charge on any atom is 0.324 e. The summed E-state index contributed by atoms with van der Waals surface area (Å²) in [6.45, 7) is 63.7. The van der Waals surface area contributed by atoms with Gasteiger partial charge in [-0.25, -0.2) is 0 Å². The summed E-state index contributed by atoms with van der Waals surface area (Å²) in [5.74, 6) is -1.41. The predicted octanol–water partition coefficient (Wildman–Crippen LogP) is 17.5. The number of phenolic OH excluding ortho intramolecular Hbond substituents is 2. The number of nitrogens with zero attached hydrogens (tertiary/aromatic N) is 2. The van der Waals surface area contributed by atoms with Gasteiger partial charge in [0.1, 0.15) is 35.9 Å². The Hall–Kier alpha value is -4.24. The van der Waals surface area contributed by atoms with E-state index in [0.717, 1.165) is 46.2 Å². The van der Waals surface area contributed by atoms with Crippen molar-refractivity contribution in [1.29, 1.82) is 0 Å². The number of benzene rings is 2. The van der Waals surface area contributed by atoms with Crippen LogP contribution in [0.2, 0.25) is 0 Å². The fourth-order valence-electron chi connectivity index (χ4n) is 17.0. The molecule has 4 saturated heterocycles. The number of nitrogens with one attached hydrogen (secondary N) is 2. The SMILES string of the molecule is CCCCC(Cc1cc(C(C)(C)C)c(O)c(C(C)(C)C)c1)(C(=O)OC1CC(C)(C)N(C)C(C)(C)C1)C(=O)OC1CC(C)(C)N(C)C(C)(C)C1.CCCCC(Cc1cc(C(C)(C)C)c(O)c(C(C)(C)C)c1)(C(=O)OC1CC(C)(C)NC(C)(C)C1)C(=O)OC1CC(C)(C)NC(C)(C)C1. The highest BCUT2D eigenvalue weighted by atomic mass is 16.6. The molecule has 0 bridgehead atoms. The van der Waals surface area contributed by atoms with E-state index in [1.807, 2.05) is 24.3 Å². The number of esters is 4. The second-order valence-corrected chi connectivity index (χ2v) is 39.7. The molecule has 96 heavy (non-hydrogen) atoms. The van der Waals surface area contributed by atoms with Gasteiger partial charge in [-0.1, -0.05) is 147 Å². The van der Waals surface area contributed by atoms with Gasteiger partial charge in [0.05, 0.1) is 0 Å².